The zero-order valence-corrected chi connectivity index (χ0v) is 8.31. The Morgan fingerprint density at radius 2 is 2.50 bits per heavy atom. The highest BCUT2D eigenvalue weighted by Crippen LogP contribution is 1.90. The molecule has 78 valence electrons. The van der Waals surface area contributed by atoms with E-state index in [9.17, 15) is 4.79 Å². The fourth-order valence-corrected chi connectivity index (χ4v) is 1.23. The van der Waals surface area contributed by atoms with E-state index in [-0.39, 0.29) is 11.9 Å². The van der Waals surface area contributed by atoms with E-state index in [1.807, 2.05) is 17.7 Å². The van der Waals surface area contributed by atoms with Gasteiger partial charge < -0.3 is 15.6 Å². The van der Waals surface area contributed by atoms with Gasteiger partial charge in [0.25, 0.3) is 0 Å². The van der Waals surface area contributed by atoms with Crippen LogP contribution in [-0.4, -0.2) is 28.0 Å². The van der Waals surface area contributed by atoms with E-state index in [1.165, 1.54) is 0 Å². The molecule has 1 atom stereocenters. The minimum absolute atomic E-state index is 0.224. The highest BCUT2D eigenvalue weighted by atomic mass is 16.1. The Balaban J connectivity index is 2.23. The number of amides is 1. The molecule has 5 nitrogen and oxygen atoms in total. The number of aromatic nitrogens is 2. The molecule has 5 heteroatoms. The average molecular weight is 196 g/mol. The van der Waals surface area contributed by atoms with Gasteiger partial charge in [0.05, 0.1) is 12.4 Å². The van der Waals surface area contributed by atoms with Crippen LogP contribution in [-0.2, 0) is 11.3 Å². The van der Waals surface area contributed by atoms with Crippen molar-refractivity contribution in [1.82, 2.24) is 14.9 Å². The van der Waals surface area contributed by atoms with Crippen molar-refractivity contribution < 1.29 is 4.79 Å². The van der Waals surface area contributed by atoms with Gasteiger partial charge in [-0.15, -0.1) is 0 Å². The number of hydrogen-bond acceptors (Lipinski definition) is 3. The minimum atomic E-state index is -0.293. The standard InChI is InChI=1S/C9H16N4O/c1-2-8(9(10)14)12-4-6-13-5-3-11-7-13/h3,5,7-8,12H,2,4,6H2,1H3,(H2,10,14). The molecule has 1 unspecified atom stereocenters. The summed E-state index contributed by atoms with van der Waals surface area (Å²) in [6, 6.07) is -0.224. The van der Waals surface area contributed by atoms with E-state index in [2.05, 4.69) is 10.3 Å². The third-order valence-corrected chi connectivity index (χ3v) is 2.07. The van der Waals surface area contributed by atoms with E-state index in [0.29, 0.717) is 0 Å². The lowest BCUT2D eigenvalue weighted by atomic mass is 10.2. The number of carbonyl (C=O) groups excluding carboxylic acids is 1. The molecule has 0 spiro atoms. The summed E-state index contributed by atoms with van der Waals surface area (Å²) in [6.07, 6.45) is 6.07. The molecule has 0 aromatic carbocycles. The van der Waals surface area contributed by atoms with Crippen LogP contribution in [0.5, 0.6) is 0 Å². The molecule has 0 bridgehead atoms. The first-order chi connectivity index (χ1) is 6.74. The largest absolute Gasteiger partial charge is 0.368 e. The van der Waals surface area contributed by atoms with Crippen LogP contribution in [0.2, 0.25) is 0 Å². The first-order valence-electron chi connectivity index (χ1n) is 4.72. The number of hydrogen-bond donors (Lipinski definition) is 2. The van der Waals surface area contributed by atoms with Crippen LogP contribution in [0.4, 0.5) is 0 Å². The Morgan fingerprint density at radius 1 is 1.71 bits per heavy atom. The van der Waals surface area contributed by atoms with E-state index < -0.39 is 0 Å². The predicted octanol–water partition coefficient (Wildman–Crippen LogP) is -0.263. The second-order valence-electron chi connectivity index (χ2n) is 3.12. The zero-order valence-electron chi connectivity index (χ0n) is 8.31. The van der Waals surface area contributed by atoms with Gasteiger partial charge in [-0.3, -0.25) is 4.79 Å². The van der Waals surface area contributed by atoms with E-state index in [0.717, 1.165) is 19.5 Å². The molecule has 0 aliphatic rings. The number of imidazole rings is 1. The zero-order chi connectivity index (χ0) is 10.4. The fourth-order valence-electron chi connectivity index (χ4n) is 1.23. The van der Waals surface area contributed by atoms with Crippen LogP contribution >= 0.6 is 0 Å². The summed E-state index contributed by atoms with van der Waals surface area (Å²) in [5.41, 5.74) is 5.19. The van der Waals surface area contributed by atoms with Crippen molar-refractivity contribution in [3.63, 3.8) is 0 Å². The quantitative estimate of drug-likeness (QED) is 0.658. The van der Waals surface area contributed by atoms with Crippen molar-refractivity contribution in [1.29, 1.82) is 0 Å². The second kappa shape index (κ2) is 5.39. The Labute approximate surface area is 83.3 Å². The van der Waals surface area contributed by atoms with Gasteiger partial charge in [-0.05, 0) is 6.42 Å². The maximum atomic E-state index is 10.9. The van der Waals surface area contributed by atoms with Crippen LogP contribution < -0.4 is 11.1 Å². The highest BCUT2D eigenvalue weighted by Gasteiger charge is 2.10. The van der Waals surface area contributed by atoms with E-state index in [4.69, 9.17) is 5.73 Å². The molecule has 0 radical (unpaired) electrons. The van der Waals surface area contributed by atoms with Crippen LogP contribution in [0.3, 0.4) is 0 Å². The first kappa shape index (κ1) is 10.7. The Kier molecular flexibility index (Phi) is 4.12. The van der Waals surface area contributed by atoms with Gasteiger partial charge in [0, 0.05) is 25.5 Å². The summed E-state index contributed by atoms with van der Waals surface area (Å²) < 4.78 is 1.95. The number of nitrogens with one attached hydrogen (secondary N) is 1. The summed E-state index contributed by atoms with van der Waals surface area (Å²) in [5.74, 6) is -0.293. The predicted molar refractivity (Wildman–Crippen MR) is 53.5 cm³/mol. The molecular weight excluding hydrogens is 180 g/mol. The average Bonchev–Trinajstić information content (AvgIpc) is 2.64. The molecule has 1 heterocycles. The molecule has 0 aliphatic carbocycles. The molecule has 0 saturated carbocycles. The van der Waals surface area contributed by atoms with Crippen LogP contribution in [0, 0.1) is 0 Å². The molecule has 0 saturated heterocycles. The highest BCUT2D eigenvalue weighted by molar-refractivity contribution is 5.79. The molecule has 14 heavy (non-hydrogen) atoms. The van der Waals surface area contributed by atoms with Crippen LogP contribution in [0.25, 0.3) is 0 Å². The lowest BCUT2D eigenvalue weighted by Crippen LogP contribution is -2.41. The fraction of sp³-hybridized carbons (Fsp3) is 0.556. The van der Waals surface area contributed by atoms with Gasteiger partial charge >= 0.3 is 0 Å². The van der Waals surface area contributed by atoms with Crippen molar-refractivity contribution in [2.75, 3.05) is 6.54 Å². The summed E-state index contributed by atoms with van der Waals surface area (Å²) in [6.45, 7) is 3.45. The number of primary amides is 1. The lowest BCUT2D eigenvalue weighted by Gasteiger charge is -2.12. The van der Waals surface area contributed by atoms with Gasteiger partial charge in [0.1, 0.15) is 0 Å². The molecule has 1 rings (SSSR count). The molecular formula is C9H16N4O. The number of nitrogens with two attached hydrogens (primary N) is 1. The van der Waals surface area contributed by atoms with E-state index in [1.54, 1.807) is 12.5 Å². The summed E-state index contributed by atoms with van der Waals surface area (Å²) >= 11 is 0. The van der Waals surface area contributed by atoms with Crippen LogP contribution in [0.15, 0.2) is 18.7 Å². The first-order valence-corrected chi connectivity index (χ1v) is 4.72. The van der Waals surface area contributed by atoms with Gasteiger partial charge in [0.15, 0.2) is 0 Å². The molecule has 1 aromatic heterocycles. The van der Waals surface area contributed by atoms with Gasteiger partial charge in [-0.1, -0.05) is 6.92 Å². The van der Waals surface area contributed by atoms with Crippen molar-refractivity contribution in [3.05, 3.63) is 18.7 Å². The normalized spacial score (nSPS) is 12.6. The third kappa shape index (κ3) is 3.18. The Hall–Kier alpha value is -1.36. The van der Waals surface area contributed by atoms with Crippen molar-refractivity contribution >= 4 is 5.91 Å². The Morgan fingerprint density at radius 3 is 3.00 bits per heavy atom. The molecule has 1 amide bonds. The van der Waals surface area contributed by atoms with Crippen molar-refractivity contribution in [2.45, 2.75) is 25.9 Å². The molecule has 0 aliphatic heterocycles. The van der Waals surface area contributed by atoms with E-state index >= 15 is 0 Å². The topological polar surface area (TPSA) is 72.9 Å². The minimum Gasteiger partial charge on any atom is -0.368 e. The van der Waals surface area contributed by atoms with Gasteiger partial charge in [0.2, 0.25) is 5.91 Å². The molecule has 1 aromatic rings. The number of carbonyl (C=O) groups is 1. The molecule has 3 N–H and O–H groups in total. The maximum absolute atomic E-state index is 10.9. The number of rotatable bonds is 6. The summed E-state index contributed by atoms with van der Waals surface area (Å²) in [7, 11) is 0. The SMILES string of the molecule is CCC(NCCn1ccnc1)C(N)=O. The molecule has 0 fully saturated rings. The Bertz CT molecular complexity index is 270. The lowest BCUT2D eigenvalue weighted by molar-refractivity contribution is -0.120. The smallest absolute Gasteiger partial charge is 0.234 e. The number of nitrogens with zero attached hydrogens (tertiary/aromatic N) is 2. The van der Waals surface area contributed by atoms with Crippen molar-refractivity contribution in [2.24, 2.45) is 5.73 Å². The van der Waals surface area contributed by atoms with Gasteiger partial charge in [-0.2, -0.15) is 0 Å². The third-order valence-electron chi connectivity index (χ3n) is 2.07. The van der Waals surface area contributed by atoms with Crippen LogP contribution in [0.1, 0.15) is 13.3 Å². The van der Waals surface area contributed by atoms with Gasteiger partial charge in [-0.25, -0.2) is 4.98 Å². The summed E-state index contributed by atoms with van der Waals surface area (Å²) in [4.78, 5) is 14.8. The monoisotopic (exact) mass is 196 g/mol. The maximum Gasteiger partial charge on any atom is 0.234 e. The van der Waals surface area contributed by atoms with Crippen molar-refractivity contribution in [3.8, 4) is 0 Å². The second-order valence-corrected chi connectivity index (χ2v) is 3.12. The summed E-state index contributed by atoms with van der Waals surface area (Å²) in [5, 5.41) is 3.08.